The van der Waals surface area contributed by atoms with Crippen molar-refractivity contribution in [2.45, 2.75) is 6.18 Å². The number of benzene rings is 1. The van der Waals surface area contributed by atoms with Gasteiger partial charge < -0.3 is 4.52 Å². The Balaban J connectivity index is 2.09. The molecule has 0 spiro atoms. The molecule has 1 radical (unpaired) electrons. The van der Waals surface area contributed by atoms with Crippen molar-refractivity contribution in [3.63, 3.8) is 0 Å². The summed E-state index contributed by atoms with van der Waals surface area (Å²) in [5, 5.41) is 12.5. The van der Waals surface area contributed by atoms with Crippen molar-refractivity contribution in [2.75, 3.05) is 0 Å². The van der Waals surface area contributed by atoms with E-state index in [2.05, 4.69) is 37.3 Å². The van der Waals surface area contributed by atoms with Crippen LogP contribution in [0.4, 0.5) is 13.2 Å². The second kappa shape index (κ2) is 6.05. The van der Waals surface area contributed by atoms with Gasteiger partial charge in [0.05, 0.1) is 23.4 Å². The minimum Gasteiger partial charge on any atom is -0.354 e. The summed E-state index contributed by atoms with van der Waals surface area (Å²) in [4.78, 5) is 7.83. The zero-order chi connectivity index (χ0) is 17.3. The highest BCUT2D eigenvalue weighted by Crippen LogP contribution is 2.38. The molecule has 0 aliphatic heterocycles. The van der Waals surface area contributed by atoms with E-state index in [4.69, 9.17) is 9.78 Å². The standard InChI is InChI=1S/C15H5BrF3N4O/c16-14-7-21-6-12(22-14)13-4-11(23-24-13)9-2-1-8(5-20)3-10(9)15(17,18)19/h1-4,7H. The largest absolute Gasteiger partial charge is 0.417 e. The minimum atomic E-state index is -4.64. The maximum Gasteiger partial charge on any atom is 0.417 e. The number of alkyl halides is 3. The number of halogens is 4. The van der Waals surface area contributed by atoms with Crippen LogP contribution in [0.3, 0.4) is 0 Å². The topological polar surface area (TPSA) is 75.6 Å². The average molecular weight is 394 g/mol. The Morgan fingerprint density at radius 1 is 1.25 bits per heavy atom. The van der Waals surface area contributed by atoms with Gasteiger partial charge in [-0.3, -0.25) is 0 Å². The number of aromatic nitrogens is 3. The molecule has 0 amide bonds. The quantitative estimate of drug-likeness (QED) is 0.650. The van der Waals surface area contributed by atoms with Gasteiger partial charge >= 0.3 is 6.18 Å². The maximum absolute atomic E-state index is 13.2. The van der Waals surface area contributed by atoms with Gasteiger partial charge in [-0.2, -0.15) is 18.4 Å². The van der Waals surface area contributed by atoms with Crippen LogP contribution in [0.25, 0.3) is 22.7 Å². The fraction of sp³-hybridized carbons (Fsp3) is 0.0667. The Labute approximate surface area is 141 Å². The molecule has 3 aromatic rings. The minimum absolute atomic E-state index is 0.0306. The first kappa shape index (κ1) is 16.1. The third-order valence-corrected chi connectivity index (χ3v) is 3.42. The van der Waals surface area contributed by atoms with Gasteiger partial charge in [0.25, 0.3) is 0 Å². The molecule has 5 nitrogen and oxygen atoms in total. The zero-order valence-electron chi connectivity index (χ0n) is 11.6. The first-order chi connectivity index (χ1) is 11.4. The molecule has 0 fully saturated rings. The lowest BCUT2D eigenvalue weighted by atomic mass is 10.0. The van der Waals surface area contributed by atoms with Gasteiger partial charge in [0.1, 0.15) is 22.2 Å². The number of nitrogens with zero attached hydrogens (tertiary/aromatic N) is 4. The SMILES string of the molecule is N#Cc1ccc(-c2cc(-c3[c]ncc(Br)n3)on2)c(C(F)(F)F)c1. The highest BCUT2D eigenvalue weighted by Gasteiger charge is 2.35. The molecule has 0 N–H and O–H groups in total. The molecule has 2 aromatic heterocycles. The van der Waals surface area contributed by atoms with Crippen LogP contribution >= 0.6 is 15.9 Å². The van der Waals surface area contributed by atoms with E-state index in [1.54, 1.807) is 6.07 Å². The Morgan fingerprint density at radius 3 is 2.71 bits per heavy atom. The predicted molar refractivity (Wildman–Crippen MR) is 79.2 cm³/mol. The van der Waals surface area contributed by atoms with Crippen LogP contribution in [0.5, 0.6) is 0 Å². The lowest BCUT2D eigenvalue weighted by Gasteiger charge is -2.11. The molecule has 0 atom stereocenters. The van der Waals surface area contributed by atoms with Crippen molar-refractivity contribution in [2.24, 2.45) is 0 Å². The smallest absolute Gasteiger partial charge is 0.354 e. The molecule has 2 heterocycles. The van der Waals surface area contributed by atoms with E-state index in [1.165, 1.54) is 24.4 Å². The lowest BCUT2D eigenvalue weighted by molar-refractivity contribution is -0.137. The summed E-state index contributed by atoms with van der Waals surface area (Å²) < 4.78 is 45.2. The summed E-state index contributed by atoms with van der Waals surface area (Å²) in [7, 11) is 0. The number of rotatable bonds is 2. The van der Waals surface area contributed by atoms with Crippen LogP contribution in [0.1, 0.15) is 11.1 Å². The van der Waals surface area contributed by atoms with Gasteiger partial charge in [0.2, 0.25) is 0 Å². The Bertz CT molecular complexity index is 946. The third-order valence-electron chi connectivity index (χ3n) is 3.03. The van der Waals surface area contributed by atoms with E-state index in [-0.39, 0.29) is 28.3 Å². The molecule has 0 saturated carbocycles. The molecule has 0 aliphatic carbocycles. The third kappa shape index (κ3) is 3.14. The molecule has 9 heteroatoms. The summed E-state index contributed by atoms with van der Waals surface area (Å²) >= 11 is 3.13. The number of hydrogen-bond acceptors (Lipinski definition) is 5. The van der Waals surface area contributed by atoms with Crippen molar-refractivity contribution in [3.05, 3.63) is 52.4 Å². The number of nitriles is 1. The van der Waals surface area contributed by atoms with Gasteiger partial charge in [-0.1, -0.05) is 11.2 Å². The van der Waals surface area contributed by atoms with Crippen LogP contribution in [0, 0.1) is 17.5 Å². The van der Waals surface area contributed by atoms with Crippen molar-refractivity contribution in [1.82, 2.24) is 15.1 Å². The monoisotopic (exact) mass is 393 g/mol. The van der Waals surface area contributed by atoms with E-state index < -0.39 is 11.7 Å². The van der Waals surface area contributed by atoms with Crippen LogP contribution in [-0.2, 0) is 6.18 Å². The molecule has 0 bridgehead atoms. The normalized spacial score (nSPS) is 11.3. The highest BCUT2D eigenvalue weighted by atomic mass is 79.9. The summed E-state index contributed by atoms with van der Waals surface area (Å²) in [5.74, 6) is 0.122. The summed E-state index contributed by atoms with van der Waals surface area (Å²) in [5.41, 5.74) is -1.09. The van der Waals surface area contributed by atoms with Gasteiger partial charge in [-0.15, -0.1) is 0 Å². The van der Waals surface area contributed by atoms with E-state index in [9.17, 15) is 13.2 Å². The Kier molecular flexibility index (Phi) is 4.07. The average Bonchev–Trinajstić information content (AvgIpc) is 3.03. The van der Waals surface area contributed by atoms with E-state index in [1.807, 2.05) is 0 Å². The van der Waals surface area contributed by atoms with Crippen molar-refractivity contribution in [1.29, 1.82) is 5.26 Å². The fourth-order valence-corrected chi connectivity index (χ4v) is 2.28. The summed E-state index contributed by atoms with van der Waals surface area (Å²) in [6, 6.07) is 6.23. The molecule has 1 aromatic carbocycles. The van der Waals surface area contributed by atoms with E-state index in [0.717, 1.165) is 6.07 Å². The molecule has 24 heavy (non-hydrogen) atoms. The molecule has 0 unspecified atom stereocenters. The van der Waals surface area contributed by atoms with Crippen molar-refractivity contribution >= 4 is 15.9 Å². The Morgan fingerprint density at radius 2 is 2.04 bits per heavy atom. The lowest BCUT2D eigenvalue weighted by Crippen LogP contribution is -2.07. The van der Waals surface area contributed by atoms with Gasteiger partial charge in [0.15, 0.2) is 5.76 Å². The van der Waals surface area contributed by atoms with Crippen LogP contribution in [-0.4, -0.2) is 15.1 Å². The first-order valence-corrected chi connectivity index (χ1v) is 7.17. The zero-order valence-corrected chi connectivity index (χ0v) is 13.2. The van der Waals surface area contributed by atoms with Crippen molar-refractivity contribution < 1.29 is 17.7 Å². The van der Waals surface area contributed by atoms with Crippen LogP contribution < -0.4 is 0 Å². The fourth-order valence-electron chi connectivity index (χ4n) is 2.00. The second-order valence-electron chi connectivity index (χ2n) is 4.60. The van der Waals surface area contributed by atoms with Gasteiger partial charge in [-0.05, 0) is 28.1 Å². The first-order valence-electron chi connectivity index (χ1n) is 6.37. The van der Waals surface area contributed by atoms with E-state index >= 15 is 0 Å². The molecule has 0 saturated heterocycles. The molecule has 0 aliphatic rings. The highest BCUT2D eigenvalue weighted by molar-refractivity contribution is 9.10. The van der Waals surface area contributed by atoms with Crippen molar-refractivity contribution in [3.8, 4) is 28.8 Å². The maximum atomic E-state index is 13.2. The molecular formula is C15H5BrF3N4O. The summed E-state index contributed by atoms with van der Waals surface area (Å²) in [6.07, 6.45) is -0.667. The van der Waals surface area contributed by atoms with Crippen LogP contribution in [0.2, 0.25) is 0 Å². The number of hydrogen-bond donors (Lipinski definition) is 0. The van der Waals surface area contributed by atoms with E-state index in [0.29, 0.717) is 4.60 Å². The Hall–Kier alpha value is -2.73. The molecule has 119 valence electrons. The van der Waals surface area contributed by atoms with Crippen LogP contribution in [0.15, 0.2) is 39.6 Å². The second-order valence-corrected chi connectivity index (χ2v) is 5.41. The summed E-state index contributed by atoms with van der Waals surface area (Å²) in [6.45, 7) is 0. The van der Waals surface area contributed by atoms with Gasteiger partial charge in [0, 0.05) is 11.6 Å². The molecule has 3 rings (SSSR count). The molecular weight excluding hydrogens is 389 g/mol. The predicted octanol–water partition coefficient (Wildman–Crippen LogP) is 4.25. The van der Waals surface area contributed by atoms with Gasteiger partial charge in [-0.25, -0.2) is 9.97 Å².